The largest absolute Gasteiger partial charge is 0.435 e. The molecule has 0 spiro atoms. The van der Waals surface area contributed by atoms with E-state index < -0.39 is 18.2 Å². The third kappa shape index (κ3) is 4.77. The van der Waals surface area contributed by atoms with Crippen molar-refractivity contribution in [2.75, 3.05) is 13.1 Å². The lowest BCUT2D eigenvalue weighted by molar-refractivity contribution is -0.0498. The van der Waals surface area contributed by atoms with Gasteiger partial charge < -0.3 is 15.4 Å². The number of piperidine rings is 1. The summed E-state index contributed by atoms with van der Waals surface area (Å²) in [4.78, 5) is 12.5. The Balaban J connectivity index is 1.71. The van der Waals surface area contributed by atoms with Gasteiger partial charge in [-0.15, -0.1) is 0 Å². The number of carbonyl (C=O) groups is 1. The highest BCUT2D eigenvalue weighted by Gasteiger charge is 2.28. The van der Waals surface area contributed by atoms with E-state index >= 15 is 0 Å². The molecule has 0 saturated carbocycles. The molecule has 1 fully saturated rings. The second kappa shape index (κ2) is 8.39. The van der Waals surface area contributed by atoms with Crippen LogP contribution in [0.5, 0.6) is 5.75 Å². The molecule has 1 heterocycles. The molecular weight excluding hydrogens is 364 g/mol. The first-order valence-corrected chi connectivity index (χ1v) is 8.45. The number of rotatable bonds is 5. The van der Waals surface area contributed by atoms with Crippen LogP contribution in [-0.4, -0.2) is 31.7 Å². The molecule has 4 nitrogen and oxygen atoms in total. The van der Waals surface area contributed by atoms with Gasteiger partial charge in [0.15, 0.2) is 11.6 Å². The van der Waals surface area contributed by atoms with Crippen molar-refractivity contribution >= 4 is 5.91 Å². The summed E-state index contributed by atoms with van der Waals surface area (Å²) in [6.07, 6.45) is 0.650. The molecular formula is C19H18F4N2O2. The summed E-state index contributed by atoms with van der Waals surface area (Å²) < 4.78 is 55.4. The number of carbonyl (C=O) groups excluding carboxylic acids is 1. The van der Waals surface area contributed by atoms with E-state index in [9.17, 15) is 22.4 Å². The van der Waals surface area contributed by atoms with Crippen molar-refractivity contribution in [1.82, 2.24) is 10.6 Å². The van der Waals surface area contributed by atoms with E-state index in [4.69, 9.17) is 0 Å². The van der Waals surface area contributed by atoms with Gasteiger partial charge in [0, 0.05) is 24.1 Å². The van der Waals surface area contributed by atoms with Gasteiger partial charge in [0.25, 0.3) is 5.91 Å². The summed E-state index contributed by atoms with van der Waals surface area (Å²) in [5.74, 6) is -2.45. The second-order valence-electron chi connectivity index (χ2n) is 6.26. The van der Waals surface area contributed by atoms with E-state index in [-0.39, 0.29) is 29.2 Å². The quantitative estimate of drug-likeness (QED) is 0.779. The van der Waals surface area contributed by atoms with Crippen LogP contribution in [0.4, 0.5) is 17.6 Å². The van der Waals surface area contributed by atoms with Crippen LogP contribution in [0, 0.1) is 11.6 Å². The summed E-state index contributed by atoms with van der Waals surface area (Å²) >= 11 is 0. The number of alkyl halides is 2. The first-order chi connectivity index (χ1) is 12.9. The first kappa shape index (κ1) is 19.2. The van der Waals surface area contributed by atoms with Crippen molar-refractivity contribution < 1.29 is 27.1 Å². The molecule has 0 radical (unpaired) electrons. The molecule has 0 aliphatic carbocycles. The average Bonchev–Trinajstić information content (AvgIpc) is 2.64. The Morgan fingerprint density at radius 1 is 1.11 bits per heavy atom. The second-order valence-corrected chi connectivity index (χ2v) is 6.26. The van der Waals surface area contributed by atoms with Crippen molar-refractivity contribution in [3.05, 3.63) is 65.2 Å². The molecule has 27 heavy (non-hydrogen) atoms. The molecule has 1 amide bonds. The smallest absolute Gasteiger partial charge is 0.387 e. The third-order valence-corrected chi connectivity index (χ3v) is 4.51. The number of hydrogen-bond donors (Lipinski definition) is 2. The Morgan fingerprint density at radius 2 is 1.85 bits per heavy atom. The lowest BCUT2D eigenvalue weighted by Gasteiger charge is -2.33. The number of benzene rings is 2. The number of nitrogens with one attached hydrogen (secondary N) is 2. The Bertz CT molecular complexity index is 799. The molecule has 2 N–H and O–H groups in total. The van der Waals surface area contributed by atoms with Crippen molar-refractivity contribution in [3.63, 3.8) is 0 Å². The summed E-state index contributed by atoms with van der Waals surface area (Å²) in [6.45, 7) is -1.77. The summed E-state index contributed by atoms with van der Waals surface area (Å²) in [5.41, 5.74) is 0.896. The van der Waals surface area contributed by atoms with Crippen molar-refractivity contribution in [1.29, 1.82) is 0 Å². The SMILES string of the molecule is O=C(NC1CNCCC1c1ccc(F)c(F)c1)c1ccc(OC(F)F)cc1. The van der Waals surface area contributed by atoms with Crippen LogP contribution in [0.1, 0.15) is 28.3 Å². The highest BCUT2D eigenvalue weighted by molar-refractivity contribution is 5.94. The third-order valence-electron chi connectivity index (χ3n) is 4.51. The molecule has 1 aliphatic heterocycles. The fourth-order valence-electron chi connectivity index (χ4n) is 3.19. The predicted molar refractivity (Wildman–Crippen MR) is 90.9 cm³/mol. The van der Waals surface area contributed by atoms with Crippen molar-refractivity contribution in [2.45, 2.75) is 25.0 Å². The van der Waals surface area contributed by atoms with Crippen molar-refractivity contribution in [2.24, 2.45) is 0 Å². The zero-order chi connectivity index (χ0) is 19.4. The Labute approximate surface area is 153 Å². The molecule has 2 aromatic rings. The molecule has 1 aliphatic rings. The fraction of sp³-hybridized carbons (Fsp3) is 0.316. The van der Waals surface area contributed by atoms with Gasteiger partial charge in [-0.1, -0.05) is 6.07 Å². The maximum absolute atomic E-state index is 13.6. The van der Waals surface area contributed by atoms with Crippen LogP contribution >= 0.6 is 0 Å². The molecule has 144 valence electrons. The van der Waals surface area contributed by atoms with E-state index in [0.717, 1.165) is 12.1 Å². The average molecular weight is 382 g/mol. The highest BCUT2D eigenvalue weighted by atomic mass is 19.3. The molecule has 8 heteroatoms. The number of hydrogen-bond acceptors (Lipinski definition) is 3. The normalized spacial score (nSPS) is 19.7. The van der Waals surface area contributed by atoms with Gasteiger partial charge in [0.05, 0.1) is 0 Å². The fourth-order valence-corrected chi connectivity index (χ4v) is 3.19. The van der Waals surface area contributed by atoms with Crippen LogP contribution in [0.2, 0.25) is 0 Å². The van der Waals surface area contributed by atoms with Gasteiger partial charge in [0.1, 0.15) is 5.75 Å². The topological polar surface area (TPSA) is 50.4 Å². The van der Waals surface area contributed by atoms with E-state index in [1.54, 1.807) is 0 Å². The monoisotopic (exact) mass is 382 g/mol. The van der Waals surface area contributed by atoms with Gasteiger partial charge in [-0.25, -0.2) is 8.78 Å². The minimum absolute atomic E-state index is 0.0412. The van der Waals surface area contributed by atoms with Crippen LogP contribution in [-0.2, 0) is 0 Å². The zero-order valence-electron chi connectivity index (χ0n) is 14.2. The van der Waals surface area contributed by atoms with Gasteiger partial charge >= 0.3 is 6.61 Å². The Morgan fingerprint density at radius 3 is 2.52 bits per heavy atom. The van der Waals surface area contributed by atoms with Gasteiger partial charge in [0.2, 0.25) is 0 Å². The van der Waals surface area contributed by atoms with E-state index in [2.05, 4.69) is 15.4 Å². The Hall–Kier alpha value is -2.61. The minimum Gasteiger partial charge on any atom is -0.435 e. The summed E-state index contributed by atoms with van der Waals surface area (Å²) in [6, 6.07) is 8.76. The Kier molecular flexibility index (Phi) is 5.95. The standard InChI is InChI=1S/C19H18F4N2O2/c20-15-6-3-12(9-16(15)21)14-7-8-24-10-17(14)25-18(26)11-1-4-13(5-2-11)27-19(22)23/h1-6,9,14,17,19,24H,7-8,10H2,(H,25,26). The predicted octanol–water partition coefficient (Wildman–Crippen LogP) is 3.44. The lowest BCUT2D eigenvalue weighted by atomic mass is 9.85. The van der Waals surface area contributed by atoms with E-state index in [1.165, 1.54) is 30.3 Å². The van der Waals surface area contributed by atoms with E-state index in [0.29, 0.717) is 25.1 Å². The first-order valence-electron chi connectivity index (χ1n) is 8.45. The van der Waals surface area contributed by atoms with Crippen LogP contribution in [0.25, 0.3) is 0 Å². The summed E-state index contributed by atoms with van der Waals surface area (Å²) in [7, 11) is 0. The number of ether oxygens (including phenoxy) is 1. The van der Waals surface area contributed by atoms with Gasteiger partial charge in [-0.05, 0) is 54.9 Å². The molecule has 0 aromatic heterocycles. The van der Waals surface area contributed by atoms with Crippen LogP contribution < -0.4 is 15.4 Å². The maximum atomic E-state index is 13.6. The maximum Gasteiger partial charge on any atom is 0.387 e. The molecule has 3 rings (SSSR count). The minimum atomic E-state index is -2.94. The van der Waals surface area contributed by atoms with Crippen molar-refractivity contribution in [3.8, 4) is 5.75 Å². The zero-order valence-corrected chi connectivity index (χ0v) is 14.2. The van der Waals surface area contributed by atoms with Crippen LogP contribution in [0.3, 0.4) is 0 Å². The number of halogens is 4. The molecule has 1 saturated heterocycles. The lowest BCUT2D eigenvalue weighted by Crippen LogP contribution is -2.50. The highest BCUT2D eigenvalue weighted by Crippen LogP contribution is 2.27. The number of amides is 1. The summed E-state index contributed by atoms with van der Waals surface area (Å²) in [5, 5.41) is 6.03. The molecule has 2 aromatic carbocycles. The molecule has 2 atom stereocenters. The molecule has 0 bridgehead atoms. The van der Waals surface area contributed by atoms with E-state index in [1.807, 2.05) is 0 Å². The molecule has 2 unspecified atom stereocenters. The van der Waals surface area contributed by atoms with Gasteiger partial charge in [-0.3, -0.25) is 4.79 Å². The van der Waals surface area contributed by atoms with Gasteiger partial charge in [-0.2, -0.15) is 8.78 Å². The van der Waals surface area contributed by atoms with Crippen LogP contribution in [0.15, 0.2) is 42.5 Å².